The number of aromatic carboxylic acids is 1. The third-order valence-corrected chi connectivity index (χ3v) is 5.26. The standard InChI is InChI=1S/C27H22O6/c1-17(29)33-26-22-14-20(32-16-18-8-4-2-5-9-18)12-13-21(22)24(19-10-6-3-7-11-19)23(15-28)25(26)27(30)31/h2-14,28H,15-16H2,1H3,(H,30,31). The molecule has 6 nitrogen and oxygen atoms in total. The summed E-state index contributed by atoms with van der Waals surface area (Å²) < 4.78 is 11.3. The largest absolute Gasteiger partial charge is 0.489 e. The second kappa shape index (κ2) is 9.54. The van der Waals surface area contributed by atoms with Crippen molar-refractivity contribution >= 4 is 22.7 Å². The first kappa shape index (κ1) is 22.0. The van der Waals surface area contributed by atoms with Crippen molar-refractivity contribution in [1.29, 1.82) is 0 Å². The van der Waals surface area contributed by atoms with Crippen LogP contribution in [0.2, 0.25) is 0 Å². The fourth-order valence-electron chi connectivity index (χ4n) is 3.89. The van der Waals surface area contributed by atoms with E-state index in [4.69, 9.17) is 9.47 Å². The van der Waals surface area contributed by atoms with E-state index in [0.29, 0.717) is 28.7 Å². The van der Waals surface area contributed by atoms with Gasteiger partial charge in [0.05, 0.1) is 6.61 Å². The smallest absolute Gasteiger partial charge is 0.339 e. The van der Waals surface area contributed by atoms with E-state index in [9.17, 15) is 19.8 Å². The summed E-state index contributed by atoms with van der Waals surface area (Å²) in [6.45, 7) is 0.987. The van der Waals surface area contributed by atoms with E-state index in [0.717, 1.165) is 11.1 Å². The van der Waals surface area contributed by atoms with Crippen molar-refractivity contribution in [1.82, 2.24) is 0 Å². The molecule has 0 unspecified atom stereocenters. The zero-order valence-corrected chi connectivity index (χ0v) is 17.9. The Kier molecular flexibility index (Phi) is 6.38. The topological polar surface area (TPSA) is 93.1 Å². The molecule has 0 aromatic heterocycles. The van der Waals surface area contributed by atoms with Crippen LogP contribution in [0.1, 0.15) is 28.4 Å². The van der Waals surface area contributed by atoms with Gasteiger partial charge in [-0.3, -0.25) is 4.79 Å². The van der Waals surface area contributed by atoms with Gasteiger partial charge in [-0.1, -0.05) is 60.7 Å². The van der Waals surface area contributed by atoms with Crippen LogP contribution in [0.5, 0.6) is 11.5 Å². The normalized spacial score (nSPS) is 10.7. The fraction of sp³-hybridized carbons (Fsp3) is 0.111. The molecule has 166 valence electrons. The number of fused-ring (bicyclic) bond motifs is 1. The Bertz CT molecular complexity index is 1310. The Morgan fingerprint density at radius 3 is 2.15 bits per heavy atom. The molecule has 4 rings (SSSR count). The highest BCUT2D eigenvalue weighted by Gasteiger charge is 2.26. The van der Waals surface area contributed by atoms with Gasteiger partial charge in [-0.25, -0.2) is 4.79 Å². The van der Waals surface area contributed by atoms with E-state index in [1.165, 1.54) is 6.92 Å². The van der Waals surface area contributed by atoms with Gasteiger partial charge in [-0.05, 0) is 40.3 Å². The molecule has 0 radical (unpaired) electrons. The first-order valence-electron chi connectivity index (χ1n) is 10.4. The zero-order valence-electron chi connectivity index (χ0n) is 17.9. The first-order chi connectivity index (χ1) is 16.0. The second-order valence-corrected chi connectivity index (χ2v) is 7.46. The minimum Gasteiger partial charge on any atom is -0.489 e. The third kappa shape index (κ3) is 4.56. The summed E-state index contributed by atoms with van der Waals surface area (Å²) >= 11 is 0. The number of hydrogen-bond donors (Lipinski definition) is 2. The van der Waals surface area contributed by atoms with Gasteiger partial charge in [0.25, 0.3) is 0 Å². The number of esters is 1. The fourth-order valence-corrected chi connectivity index (χ4v) is 3.89. The summed E-state index contributed by atoms with van der Waals surface area (Å²) in [5, 5.41) is 21.2. The molecule has 0 amide bonds. The average Bonchev–Trinajstić information content (AvgIpc) is 2.83. The van der Waals surface area contributed by atoms with Crippen LogP contribution in [0.25, 0.3) is 21.9 Å². The molecule has 0 fully saturated rings. The van der Waals surface area contributed by atoms with Crippen LogP contribution in [0.3, 0.4) is 0 Å². The predicted molar refractivity (Wildman–Crippen MR) is 124 cm³/mol. The first-order valence-corrected chi connectivity index (χ1v) is 10.4. The number of ether oxygens (including phenoxy) is 2. The van der Waals surface area contributed by atoms with Crippen LogP contribution in [-0.4, -0.2) is 22.2 Å². The van der Waals surface area contributed by atoms with Crippen LogP contribution < -0.4 is 9.47 Å². The third-order valence-electron chi connectivity index (χ3n) is 5.26. The van der Waals surface area contributed by atoms with Gasteiger partial charge >= 0.3 is 11.9 Å². The Labute approximate surface area is 190 Å². The summed E-state index contributed by atoms with van der Waals surface area (Å²) in [4.78, 5) is 24.1. The average molecular weight is 442 g/mol. The van der Waals surface area contributed by atoms with Gasteiger partial charge in [0.1, 0.15) is 17.9 Å². The van der Waals surface area contributed by atoms with E-state index < -0.39 is 18.5 Å². The van der Waals surface area contributed by atoms with E-state index in [1.807, 2.05) is 60.7 Å². The maximum absolute atomic E-state index is 12.3. The van der Waals surface area contributed by atoms with E-state index in [1.54, 1.807) is 18.2 Å². The van der Waals surface area contributed by atoms with Gasteiger partial charge in [0, 0.05) is 17.9 Å². The zero-order chi connectivity index (χ0) is 23.4. The van der Waals surface area contributed by atoms with Crippen molar-refractivity contribution in [2.75, 3.05) is 0 Å². The van der Waals surface area contributed by atoms with Crippen molar-refractivity contribution in [2.24, 2.45) is 0 Å². The molecule has 0 spiro atoms. The van der Waals surface area contributed by atoms with Gasteiger partial charge in [0.15, 0.2) is 5.75 Å². The lowest BCUT2D eigenvalue weighted by Crippen LogP contribution is -2.12. The molecular formula is C27H22O6. The molecule has 0 saturated carbocycles. The molecule has 4 aromatic rings. The molecule has 0 aliphatic rings. The van der Waals surface area contributed by atoms with Gasteiger partial charge in [0.2, 0.25) is 0 Å². The summed E-state index contributed by atoms with van der Waals surface area (Å²) in [5.74, 6) is -1.58. The number of aliphatic hydroxyl groups excluding tert-OH is 1. The van der Waals surface area contributed by atoms with Gasteiger partial charge < -0.3 is 19.7 Å². The van der Waals surface area contributed by atoms with Gasteiger partial charge in [-0.15, -0.1) is 0 Å². The lowest BCUT2D eigenvalue weighted by atomic mass is 9.89. The highest BCUT2D eigenvalue weighted by molar-refractivity contribution is 6.10. The molecule has 6 heteroatoms. The molecule has 0 atom stereocenters. The highest BCUT2D eigenvalue weighted by atomic mass is 16.5. The highest BCUT2D eigenvalue weighted by Crippen LogP contribution is 2.43. The number of carbonyl (C=O) groups is 2. The monoisotopic (exact) mass is 442 g/mol. The van der Waals surface area contributed by atoms with E-state index in [-0.39, 0.29) is 16.9 Å². The lowest BCUT2D eigenvalue weighted by Gasteiger charge is -2.20. The molecule has 4 aromatic carbocycles. The Balaban J connectivity index is 1.96. The maximum atomic E-state index is 12.3. The molecule has 2 N–H and O–H groups in total. The molecule has 33 heavy (non-hydrogen) atoms. The SMILES string of the molecule is CC(=O)Oc1c(C(=O)O)c(CO)c(-c2ccccc2)c2ccc(OCc3ccccc3)cc12. The van der Waals surface area contributed by atoms with Crippen LogP contribution >= 0.6 is 0 Å². The van der Waals surface area contributed by atoms with E-state index in [2.05, 4.69) is 0 Å². The van der Waals surface area contributed by atoms with Crippen LogP contribution in [0.4, 0.5) is 0 Å². The summed E-state index contributed by atoms with van der Waals surface area (Å²) in [6.07, 6.45) is 0. The Morgan fingerprint density at radius 1 is 0.879 bits per heavy atom. The van der Waals surface area contributed by atoms with Crippen molar-refractivity contribution in [3.05, 3.63) is 95.6 Å². The quantitative estimate of drug-likeness (QED) is 0.302. The van der Waals surface area contributed by atoms with Crippen LogP contribution in [0, 0.1) is 0 Å². The number of hydrogen-bond acceptors (Lipinski definition) is 5. The number of carboxylic acids is 1. The molecule has 0 aliphatic heterocycles. The second-order valence-electron chi connectivity index (χ2n) is 7.46. The Morgan fingerprint density at radius 2 is 1.55 bits per heavy atom. The molecule has 0 bridgehead atoms. The molecule has 0 heterocycles. The number of carbonyl (C=O) groups excluding carboxylic acids is 1. The van der Waals surface area contributed by atoms with Crippen molar-refractivity contribution in [3.63, 3.8) is 0 Å². The van der Waals surface area contributed by atoms with Gasteiger partial charge in [-0.2, -0.15) is 0 Å². The molecule has 0 aliphatic carbocycles. The Hall–Kier alpha value is -4.16. The number of aliphatic hydroxyl groups is 1. The number of carboxylic acid groups (broad SMARTS) is 1. The molecule has 0 saturated heterocycles. The van der Waals surface area contributed by atoms with E-state index >= 15 is 0 Å². The predicted octanol–water partition coefficient (Wildman–Crippen LogP) is 5.20. The van der Waals surface area contributed by atoms with Crippen molar-refractivity contribution < 1.29 is 29.3 Å². The number of benzene rings is 4. The summed E-state index contributed by atoms with van der Waals surface area (Å²) in [7, 11) is 0. The summed E-state index contributed by atoms with van der Waals surface area (Å²) in [6, 6.07) is 24.1. The number of rotatable bonds is 7. The summed E-state index contributed by atoms with van der Waals surface area (Å²) in [5.41, 5.74) is 2.21. The van der Waals surface area contributed by atoms with Crippen molar-refractivity contribution in [2.45, 2.75) is 20.1 Å². The lowest BCUT2D eigenvalue weighted by molar-refractivity contribution is -0.131. The maximum Gasteiger partial charge on any atom is 0.339 e. The minimum atomic E-state index is -1.30. The van der Waals surface area contributed by atoms with Crippen LogP contribution in [0.15, 0.2) is 78.9 Å². The minimum absolute atomic E-state index is 0.112. The molecular weight excluding hydrogens is 420 g/mol. The van der Waals surface area contributed by atoms with Crippen LogP contribution in [-0.2, 0) is 18.0 Å². The van der Waals surface area contributed by atoms with Crippen molar-refractivity contribution in [3.8, 4) is 22.6 Å².